The van der Waals surface area contributed by atoms with Gasteiger partial charge in [-0.3, -0.25) is 4.90 Å². The number of guanidine groups is 1. The fourth-order valence-corrected chi connectivity index (χ4v) is 4.66. The average Bonchev–Trinajstić information content (AvgIpc) is 3.39. The Morgan fingerprint density at radius 2 is 2.10 bits per heavy atom. The van der Waals surface area contributed by atoms with Crippen molar-refractivity contribution in [2.45, 2.75) is 19.5 Å². The minimum atomic E-state index is 0. The van der Waals surface area contributed by atoms with Gasteiger partial charge in [-0.15, -0.1) is 46.7 Å². The Morgan fingerprint density at radius 3 is 2.72 bits per heavy atom. The molecule has 0 spiro atoms. The molecule has 0 aliphatic carbocycles. The van der Waals surface area contributed by atoms with Crippen LogP contribution in [-0.4, -0.2) is 69.3 Å². The van der Waals surface area contributed by atoms with Gasteiger partial charge < -0.3 is 20.3 Å². The highest BCUT2D eigenvalue weighted by molar-refractivity contribution is 14.0. The van der Waals surface area contributed by atoms with Gasteiger partial charge in [0.2, 0.25) is 0 Å². The van der Waals surface area contributed by atoms with Gasteiger partial charge in [0.1, 0.15) is 0 Å². The Morgan fingerprint density at radius 1 is 1.31 bits per heavy atom. The molecule has 0 saturated carbocycles. The maximum absolute atomic E-state index is 5.53. The van der Waals surface area contributed by atoms with Crippen molar-refractivity contribution in [2.75, 3.05) is 58.4 Å². The molecule has 3 heterocycles. The van der Waals surface area contributed by atoms with Crippen molar-refractivity contribution in [3.8, 4) is 0 Å². The Balaban J connectivity index is 0.00000300. The van der Waals surface area contributed by atoms with Gasteiger partial charge in [0.05, 0.1) is 31.5 Å². The van der Waals surface area contributed by atoms with Crippen LogP contribution in [0.4, 0.5) is 5.13 Å². The first-order valence-electron chi connectivity index (χ1n) is 9.66. The van der Waals surface area contributed by atoms with Crippen molar-refractivity contribution in [1.29, 1.82) is 0 Å². The second-order valence-electron chi connectivity index (χ2n) is 6.77. The number of aromatic nitrogens is 1. The van der Waals surface area contributed by atoms with Crippen LogP contribution in [0.15, 0.2) is 27.9 Å². The monoisotopic (exact) mass is 550 g/mol. The first kappa shape index (κ1) is 24.3. The molecule has 2 aromatic rings. The van der Waals surface area contributed by atoms with Gasteiger partial charge in [-0.1, -0.05) is 6.07 Å². The zero-order valence-electron chi connectivity index (χ0n) is 17.3. The number of thiophene rings is 1. The number of rotatable bonds is 8. The number of hydrogen-bond donors (Lipinski definition) is 2. The first-order chi connectivity index (χ1) is 13.7. The van der Waals surface area contributed by atoms with Gasteiger partial charge in [-0.05, 0) is 18.4 Å². The molecule has 3 rings (SSSR count). The van der Waals surface area contributed by atoms with E-state index in [-0.39, 0.29) is 24.0 Å². The lowest BCUT2D eigenvalue weighted by molar-refractivity contribution is 0.0177. The Kier molecular flexibility index (Phi) is 10.6. The number of thiazole rings is 1. The third-order valence-corrected chi connectivity index (χ3v) is 6.52. The van der Waals surface area contributed by atoms with Gasteiger partial charge in [-0.25, -0.2) is 9.98 Å². The molecule has 2 N–H and O–H groups in total. The van der Waals surface area contributed by atoms with Crippen molar-refractivity contribution >= 4 is 57.7 Å². The summed E-state index contributed by atoms with van der Waals surface area (Å²) < 4.78 is 5.53. The molecule has 0 radical (unpaired) electrons. The maximum Gasteiger partial charge on any atom is 0.191 e. The van der Waals surface area contributed by atoms with Gasteiger partial charge in [0.25, 0.3) is 0 Å². The molecule has 29 heavy (non-hydrogen) atoms. The summed E-state index contributed by atoms with van der Waals surface area (Å²) in [4.78, 5) is 15.2. The molecular formula is C19H31IN6OS2. The second kappa shape index (κ2) is 12.7. The highest BCUT2D eigenvalue weighted by atomic mass is 127. The van der Waals surface area contributed by atoms with Crippen molar-refractivity contribution in [1.82, 2.24) is 20.5 Å². The average molecular weight is 551 g/mol. The largest absolute Gasteiger partial charge is 0.379 e. The zero-order chi connectivity index (χ0) is 19.8. The number of halogens is 1. The molecule has 1 fully saturated rings. The normalized spacial score (nSPS) is 16.2. The number of ether oxygens (including phenoxy) is 1. The van der Waals surface area contributed by atoms with E-state index in [4.69, 9.17) is 9.73 Å². The molecule has 162 valence electrons. The van der Waals surface area contributed by atoms with Crippen molar-refractivity contribution in [2.24, 2.45) is 4.99 Å². The number of anilines is 1. The van der Waals surface area contributed by atoms with Gasteiger partial charge >= 0.3 is 0 Å². The Labute approximate surface area is 198 Å². The zero-order valence-corrected chi connectivity index (χ0v) is 21.2. The van der Waals surface area contributed by atoms with Crippen molar-refractivity contribution < 1.29 is 4.74 Å². The summed E-state index contributed by atoms with van der Waals surface area (Å²) in [6.45, 7) is 7.82. The fourth-order valence-electron chi connectivity index (χ4n) is 3.05. The van der Waals surface area contributed by atoms with Gasteiger partial charge in [0.15, 0.2) is 11.1 Å². The van der Waals surface area contributed by atoms with Crippen LogP contribution >= 0.6 is 46.7 Å². The van der Waals surface area contributed by atoms with Crippen LogP contribution in [0.5, 0.6) is 0 Å². The third-order valence-electron chi connectivity index (χ3n) is 4.49. The number of hydrogen-bond acceptors (Lipinski definition) is 7. The first-order valence-corrected chi connectivity index (χ1v) is 11.4. The highest BCUT2D eigenvalue weighted by Crippen LogP contribution is 2.25. The Hall–Kier alpha value is -0.950. The second-order valence-corrected chi connectivity index (χ2v) is 8.59. The van der Waals surface area contributed by atoms with E-state index in [0.29, 0.717) is 12.6 Å². The van der Waals surface area contributed by atoms with Crippen molar-refractivity contribution in [3.05, 3.63) is 33.5 Å². The lowest BCUT2D eigenvalue weighted by Gasteiger charge is -2.34. The van der Waals surface area contributed by atoms with E-state index in [2.05, 4.69) is 50.3 Å². The van der Waals surface area contributed by atoms with E-state index in [1.807, 2.05) is 30.3 Å². The number of nitrogens with zero attached hydrogens (tertiary/aromatic N) is 4. The minimum Gasteiger partial charge on any atom is -0.379 e. The molecule has 1 unspecified atom stereocenters. The summed E-state index contributed by atoms with van der Waals surface area (Å²) >= 11 is 3.45. The molecular weight excluding hydrogens is 519 g/mol. The molecule has 1 aliphatic heterocycles. The molecule has 1 saturated heterocycles. The number of aliphatic imine (C=N–C) groups is 1. The quantitative estimate of drug-likeness (QED) is 0.300. The minimum absolute atomic E-state index is 0. The molecule has 1 atom stereocenters. The van der Waals surface area contributed by atoms with E-state index in [9.17, 15) is 0 Å². The molecule has 7 nitrogen and oxygen atoms in total. The lowest BCUT2D eigenvalue weighted by atomic mass is 10.2. The van der Waals surface area contributed by atoms with E-state index in [1.165, 1.54) is 4.88 Å². The third kappa shape index (κ3) is 7.35. The fraction of sp³-hybridized carbons (Fsp3) is 0.579. The standard InChI is InChI=1S/C19H30N6OS2.HI/c1-4-20-18(21-12-15-14-28-19(23-15)24(2)3)22-13-16(17-6-5-11-27-17)25-7-9-26-10-8-25;/h5-6,11,14,16H,4,7-10,12-13H2,1-3H3,(H2,20,21,22);1H. The lowest BCUT2D eigenvalue weighted by Crippen LogP contribution is -2.46. The summed E-state index contributed by atoms with van der Waals surface area (Å²) in [5.41, 5.74) is 0.994. The van der Waals surface area contributed by atoms with E-state index in [0.717, 1.165) is 56.2 Å². The molecule has 0 amide bonds. The van der Waals surface area contributed by atoms with Gasteiger partial charge in [0, 0.05) is 50.5 Å². The van der Waals surface area contributed by atoms with Crippen LogP contribution < -0.4 is 15.5 Å². The van der Waals surface area contributed by atoms with Crippen LogP contribution in [0.3, 0.4) is 0 Å². The summed E-state index contributed by atoms with van der Waals surface area (Å²) in [6.07, 6.45) is 0. The van der Waals surface area contributed by atoms with Crippen LogP contribution in [0.1, 0.15) is 23.5 Å². The maximum atomic E-state index is 5.53. The predicted molar refractivity (Wildman–Crippen MR) is 134 cm³/mol. The molecule has 10 heteroatoms. The van der Waals surface area contributed by atoms with E-state index < -0.39 is 0 Å². The predicted octanol–water partition coefficient (Wildman–Crippen LogP) is 3.02. The van der Waals surface area contributed by atoms with Crippen LogP contribution in [-0.2, 0) is 11.3 Å². The smallest absolute Gasteiger partial charge is 0.191 e. The van der Waals surface area contributed by atoms with E-state index >= 15 is 0 Å². The van der Waals surface area contributed by atoms with Crippen LogP contribution in [0.2, 0.25) is 0 Å². The topological polar surface area (TPSA) is 65.0 Å². The molecule has 2 aromatic heterocycles. The number of nitrogens with one attached hydrogen (secondary N) is 2. The van der Waals surface area contributed by atoms with Crippen molar-refractivity contribution in [3.63, 3.8) is 0 Å². The van der Waals surface area contributed by atoms with E-state index in [1.54, 1.807) is 11.3 Å². The molecule has 0 bridgehead atoms. The number of morpholine rings is 1. The highest BCUT2D eigenvalue weighted by Gasteiger charge is 2.23. The molecule has 1 aliphatic rings. The molecule has 0 aromatic carbocycles. The van der Waals surface area contributed by atoms with Crippen LogP contribution in [0.25, 0.3) is 0 Å². The summed E-state index contributed by atoms with van der Waals surface area (Å²) in [5, 5.41) is 12.1. The summed E-state index contributed by atoms with van der Waals surface area (Å²) in [5.74, 6) is 0.830. The summed E-state index contributed by atoms with van der Waals surface area (Å²) in [6, 6.07) is 4.67. The summed E-state index contributed by atoms with van der Waals surface area (Å²) in [7, 11) is 4.02. The SMILES string of the molecule is CCNC(=NCc1csc(N(C)C)n1)NCC(c1cccs1)N1CCOCC1.I. The Bertz CT molecular complexity index is 731. The van der Waals surface area contributed by atoms with Crippen LogP contribution in [0, 0.1) is 0 Å². The van der Waals surface area contributed by atoms with Gasteiger partial charge in [-0.2, -0.15) is 0 Å².